The second-order valence-corrected chi connectivity index (χ2v) is 15.4. The number of pyridine rings is 1. The molecule has 4 aliphatic carbocycles. The molecule has 5 aliphatic rings. The van der Waals surface area contributed by atoms with Gasteiger partial charge >= 0.3 is 0 Å². The van der Waals surface area contributed by atoms with Crippen molar-refractivity contribution in [2.24, 2.45) is 23.2 Å². The number of nitrogens with zero attached hydrogens (tertiary/aromatic N) is 3. The highest BCUT2D eigenvalue weighted by molar-refractivity contribution is 7.90. The van der Waals surface area contributed by atoms with Gasteiger partial charge in [0, 0.05) is 61.0 Å². The largest absolute Gasteiger partial charge is 0.508 e. The van der Waals surface area contributed by atoms with Gasteiger partial charge in [-0.05, 0) is 110 Å². The molecule has 1 aliphatic heterocycles. The summed E-state index contributed by atoms with van der Waals surface area (Å²) in [4.78, 5) is 34.3. The number of amides is 2. The summed E-state index contributed by atoms with van der Waals surface area (Å²) in [6.07, 6.45) is 9.80. The van der Waals surface area contributed by atoms with Crippen LogP contribution in [-0.4, -0.2) is 67.2 Å². The molecular formula is C36H38N4O5S. The second-order valence-electron chi connectivity index (χ2n) is 13.7. The molecule has 0 unspecified atom stereocenters. The smallest absolute Gasteiger partial charge is 0.264 e. The van der Waals surface area contributed by atoms with Gasteiger partial charge in [0.15, 0.2) is 0 Å². The van der Waals surface area contributed by atoms with E-state index in [2.05, 4.69) is 26.4 Å². The number of piperazine rings is 1. The van der Waals surface area contributed by atoms with Gasteiger partial charge in [-0.15, -0.1) is 0 Å². The molecule has 46 heavy (non-hydrogen) atoms. The van der Waals surface area contributed by atoms with Gasteiger partial charge in [0.2, 0.25) is 10.0 Å². The predicted octanol–water partition coefficient (Wildman–Crippen LogP) is 4.43. The number of rotatable bonds is 6. The maximum atomic E-state index is 13.2. The standard InChI is InChI=1S/C36H38N4O5S/c41-33-3-1-2-25(18-33)4-5-26-17-31(23-37-22-26)35(43)40-12-10-39(11-13-40)32-8-6-30(7-9-32)34(42)38-46(44,45)24-36-19-27-14-28(20-36)16-29(15-27)21-36/h1-3,6-9,17-18,22-23,27-29,41H,10-16,19-21,24H2,(H,38,42). The highest BCUT2D eigenvalue weighted by atomic mass is 32.2. The van der Waals surface area contributed by atoms with Crippen LogP contribution in [0.1, 0.15) is 70.4 Å². The van der Waals surface area contributed by atoms with E-state index in [4.69, 9.17) is 0 Å². The molecule has 2 heterocycles. The Hall–Kier alpha value is -4.36. The van der Waals surface area contributed by atoms with E-state index in [1.165, 1.54) is 19.3 Å². The van der Waals surface area contributed by atoms with Gasteiger partial charge in [-0.3, -0.25) is 14.6 Å². The molecule has 10 heteroatoms. The Morgan fingerprint density at radius 3 is 2.15 bits per heavy atom. The summed E-state index contributed by atoms with van der Waals surface area (Å²) in [5.41, 5.74) is 2.79. The molecular weight excluding hydrogens is 600 g/mol. The van der Waals surface area contributed by atoms with Crippen LogP contribution >= 0.6 is 0 Å². The van der Waals surface area contributed by atoms with Crippen molar-refractivity contribution in [2.75, 3.05) is 36.8 Å². The first-order valence-electron chi connectivity index (χ1n) is 16.1. The number of hydrogen-bond donors (Lipinski definition) is 2. The average Bonchev–Trinajstić information content (AvgIpc) is 3.02. The fourth-order valence-corrected chi connectivity index (χ4v) is 10.3. The first-order chi connectivity index (χ1) is 22.1. The van der Waals surface area contributed by atoms with E-state index in [1.54, 1.807) is 59.8 Å². The summed E-state index contributed by atoms with van der Waals surface area (Å²) in [5, 5.41) is 9.64. The summed E-state index contributed by atoms with van der Waals surface area (Å²) in [6.45, 7) is 2.26. The zero-order valence-electron chi connectivity index (χ0n) is 25.7. The van der Waals surface area contributed by atoms with Crippen molar-refractivity contribution in [1.29, 1.82) is 0 Å². The lowest BCUT2D eigenvalue weighted by Crippen LogP contribution is -2.51. The Bertz CT molecular complexity index is 1790. The van der Waals surface area contributed by atoms with Crippen LogP contribution in [0.3, 0.4) is 0 Å². The molecule has 2 aromatic carbocycles. The van der Waals surface area contributed by atoms with Gasteiger partial charge in [-0.2, -0.15) is 0 Å². The number of anilines is 1. The van der Waals surface area contributed by atoms with E-state index in [-0.39, 0.29) is 22.8 Å². The number of carbonyl (C=O) groups excluding carboxylic acids is 2. The minimum atomic E-state index is -3.75. The van der Waals surface area contributed by atoms with Gasteiger partial charge in [-0.1, -0.05) is 17.9 Å². The lowest BCUT2D eigenvalue weighted by Gasteiger charge is -2.56. The molecule has 0 radical (unpaired) electrons. The van der Waals surface area contributed by atoms with E-state index >= 15 is 0 Å². The van der Waals surface area contributed by atoms with E-state index in [0.29, 0.717) is 66.2 Å². The van der Waals surface area contributed by atoms with Crippen LogP contribution in [0.4, 0.5) is 5.69 Å². The monoisotopic (exact) mass is 638 g/mol. The summed E-state index contributed by atoms with van der Waals surface area (Å²) >= 11 is 0. The lowest BCUT2D eigenvalue weighted by molar-refractivity contribution is -0.0391. The van der Waals surface area contributed by atoms with E-state index in [1.807, 2.05) is 12.1 Å². The number of aromatic hydroxyl groups is 1. The molecule has 2 amide bonds. The van der Waals surface area contributed by atoms with Crippen LogP contribution in [0.25, 0.3) is 0 Å². The Morgan fingerprint density at radius 1 is 0.848 bits per heavy atom. The van der Waals surface area contributed by atoms with Crippen molar-refractivity contribution in [3.05, 3.63) is 89.2 Å². The molecule has 4 bridgehead atoms. The average molecular weight is 639 g/mol. The molecule has 0 atom stereocenters. The van der Waals surface area contributed by atoms with Crippen molar-refractivity contribution < 1.29 is 23.1 Å². The topological polar surface area (TPSA) is 120 Å². The zero-order valence-corrected chi connectivity index (χ0v) is 26.5. The Morgan fingerprint density at radius 2 is 1.50 bits per heavy atom. The Labute approximate surface area is 270 Å². The van der Waals surface area contributed by atoms with Gasteiger partial charge < -0.3 is 14.9 Å². The zero-order chi connectivity index (χ0) is 31.9. The van der Waals surface area contributed by atoms with Gasteiger partial charge in [0.1, 0.15) is 5.75 Å². The number of carbonyl (C=O) groups is 2. The summed E-state index contributed by atoms with van der Waals surface area (Å²) in [7, 11) is -3.75. The van der Waals surface area contributed by atoms with E-state index < -0.39 is 15.9 Å². The minimum Gasteiger partial charge on any atom is -0.508 e. The first kappa shape index (κ1) is 30.3. The fourth-order valence-electron chi connectivity index (χ4n) is 8.63. The van der Waals surface area contributed by atoms with Crippen LogP contribution in [0.15, 0.2) is 67.0 Å². The van der Waals surface area contributed by atoms with Crippen LogP contribution in [0.5, 0.6) is 5.75 Å². The number of sulfonamides is 1. The molecule has 0 spiro atoms. The Kier molecular flexibility index (Phi) is 7.97. The number of phenolic OH excluding ortho intramolecular Hbond substituents is 1. The van der Waals surface area contributed by atoms with Crippen molar-refractivity contribution in [3.8, 4) is 17.6 Å². The quantitative estimate of drug-likeness (QED) is 0.384. The molecule has 1 aromatic heterocycles. The van der Waals surface area contributed by atoms with Gasteiger partial charge in [0.05, 0.1) is 11.3 Å². The molecule has 4 saturated carbocycles. The van der Waals surface area contributed by atoms with Crippen molar-refractivity contribution in [2.45, 2.75) is 38.5 Å². The summed E-state index contributed by atoms with van der Waals surface area (Å²) in [5.74, 6) is 7.42. The Balaban J connectivity index is 0.926. The third-order valence-corrected chi connectivity index (χ3v) is 11.6. The van der Waals surface area contributed by atoms with E-state index in [0.717, 1.165) is 24.9 Å². The van der Waals surface area contributed by atoms with E-state index in [9.17, 15) is 23.1 Å². The van der Waals surface area contributed by atoms with Crippen LogP contribution in [-0.2, 0) is 10.0 Å². The van der Waals surface area contributed by atoms with Gasteiger partial charge in [0.25, 0.3) is 11.8 Å². The number of phenols is 1. The highest BCUT2D eigenvalue weighted by Crippen LogP contribution is 2.60. The molecule has 238 valence electrons. The summed E-state index contributed by atoms with van der Waals surface area (Å²) < 4.78 is 28.6. The lowest BCUT2D eigenvalue weighted by atomic mass is 9.50. The van der Waals surface area contributed by atoms with Crippen molar-refractivity contribution >= 4 is 27.5 Å². The highest BCUT2D eigenvalue weighted by Gasteiger charge is 2.52. The van der Waals surface area contributed by atoms with Crippen molar-refractivity contribution in [3.63, 3.8) is 0 Å². The number of aromatic nitrogens is 1. The predicted molar refractivity (Wildman–Crippen MR) is 175 cm³/mol. The molecule has 2 N–H and O–H groups in total. The SMILES string of the molecule is O=C(NS(=O)(=O)CC12CC3CC(CC(C3)C1)C2)c1ccc(N2CCN(C(=O)c3cncc(C#Cc4cccc(O)c4)c3)CC2)cc1. The van der Waals surface area contributed by atoms with Crippen LogP contribution in [0.2, 0.25) is 0 Å². The summed E-state index contributed by atoms with van der Waals surface area (Å²) in [6, 6.07) is 15.4. The molecule has 9 nitrogen and oxygen atoms in total. The maximum absolute atomic E-state index is 13.2. The molecule has 1 saturated heterocycles. The number of nitrogens with one attached hydrogen (secondary N) is 1. The first-order valence-corrected chi connectivity index (χ1v) is 17.7. The normalized spacial score (nSPS) is 25.1. The van der Waals surface area contributed by atoms with Crippen LogP contribution < -0.4 is 9.62 Å². The fraction of sp³-hybridized carbons (Fsp3) is 0.417. The number of benzene rings is 2. The minimum absolute atomic E-state index is 0.0448. The molecule has 5 fully saturated rings. The number of hydrogen-bond acceptors (Lipinski definition) is 7. The second kappa shape index (κ2) is 12.1. The van der Waals surface area contributed by atoms with Crippen molar-refractivity contribution in [1.82, 2.24) is 14.6 Å². The molecule has 8 rings (SSSR count). The van der Waals surface area contributed by atoms with Crippen LogP contribution in [0, 0.1) is 35.0 Å². The van der Waals surface area contributed by atoms with Gasteiger partial charge in [-0.25, -0.2) is 13.1 Å². The molecule has 3 aromatic rings. The maximum Gasteiger partial charge on any atom is 0.264 e. The third-order valence-electron chi connectivity index (χ3n) is 10.2. The third kappa shape index (κ3) is 6.61.